The number of methoxy groups -OCH3 is 1. The number of fused-ring (bicyclic) bond motifs is 2. The molecule has 1 amide bonds. The van der Waals surface area contributed by atoms with Crippen molar-refractivity contribution in [2.24, 2.45) is 0 Å². The van der Waals surface area contributed by atoms with Gasteiger partial charge in [-0.25, -0.2) is 0 Å². The number of rotatable bonds is 4. The third kappa shape index (κ3) is 3.67. The number of nitrogens with zero attached hydrogens (tertiary/aromatic N) is 1. The molecule has 29 heavy (non-hydrogen) atoms. The summed E-state index contributed by atoms with van der Waals surface area (Å²) in [5.74, 6) is 0.305. The summed E-state index contributed by atoms with van der Waals surface area (Å²) in [6.45, 7) is 0. The summed E-state index contributed by atoms with van der Waals surface area (Å²) in [6, 6.07) is 27.0. The first kappa shape index (κ1) is 18.3. The number of amides is 1. The van der Waals surface area contributed by atoms with Crippen LogP contribution in [0.2, 0.25) is 0 Å². The summed E-state index contributed by atoms with van der Waals surface area (Å²) in [4.78, 5) is 12.7. The van der Waals surface area contributed by atoms with E-state index >= 15 is 0 Å². The SMILES string of the molecule is COc1ccc(/C=C(/C#N)C(=O)Nc2ccc3ccccc3c2)c2ccccc12. The van der Waals surface area contributed by atoms with Crippen molar-refractivity contribution in [1.29, 1.82) is 5.26 Å². The monoisotopic (exact) mass is 378 g/mol. The summed E-state index contributed by atoms with van der Waals surface area (Å²) in [5, 5.41) is 16.4. The van der Waals surface area contributed by atoms with Gasteiger partial charge in [0.05, 0.1) is 7.11 Å². The molecule has 0 aliphatic carbocycles. The van der Waals surface area contributed by atoms with Crippen molar-refractivity contribution in [2.75, 3.05) is 12.4 Å². The molecule has 0 spiro atoms. The Morgan fingerprint density at radius 2 is 1.66 bits per heavy atom. The Morgan fingerprint density at radius 3 is 2.41 bits per heavy atom. The Balaban J connectivity index is 1.68. The highest BCUT2D eigenvalue weighted by Gasteiger charge is 2.12. The predicted molar refractivity (Wildman–Crippen MR) is 117 cm³/mol. The lowest BCUT2D eigenvalue weighted by Gasteiger charge is -2.09. The van der Waals surface area contributed by atoms with Crippen molar-refractivity contribution in [1.82, 2.24) is 0 Å². The van der Waals surface area contributed by atoms with Gasteiger partial charge in [-0.05, 0) is 46.0 Å². The smallest absolute Gasteiger partial charge is 0.266 e. The maximum absolute atomic E-state index is 12.7. The number of hydrogen-bond acceptors (Lipinski definition) is 3. The van der Waals surface area contributed by atoms with E-state index in [1.807, 2.05) is 84.9 Å². The van der Waals surface area contributed by atoms with Crippen LogP contribution in [0.15, 0.2) is 84.4 Å². The van der Waals surface area contributed by atoms with E-state index < -0.39 is 5.91 Å². The molecule has 4 heteroatoms. The van der Waals surface area contributed by atoms with Crippen LogP contribution in [-0.2, 0) is 4.79 Å². The third-order valence-corrected chi connectivity index (χ3v) is 4.81. The lowest BCUT2D eigenvalue weighted by molar-refractivity contribution is -0.112. The number of carbonyl (C=O) groups excluding carboxylic acids is 1. The van der Waals surface area contributed by atoms with Crippen LogP contribution in [-0.4, -0.2) is 13.0 Å². The maximum Gasteiger partial charge on any atom is 0.266 e. The number of hydrogen-bond donors (Lipinski definition) is 1. The highest BCUT2D eigenvalue weighted by molar-refractivity contribution is 6.11. The molecule has 4 aromatic rings. The first-order valence-electron chi connectivity index (χ1n) is 9.17. The highest BCUT2D eigenvalue weighted by Crippen LogP contribution is 2.29. The second kappa shape index (κ2) is 7.87. The summed E-state index contributed by atoms with van der Waals surface area (Å²) < 4.78 is 5.41. The fourth-order valence-corrected chi connectivity index (χ4v) is 3.37. The second-order valence-electron chi connectivity index (χ2n) is 6.59. The minimum atomic E-state index is -0.442. The largest absolute Gasteiger partial charge is 0.496 e. The number of benzene rings is 4. The van der Waals surface area contributed by atoms with Crippen LogP contribution in [0.3, 0.4) is 0 Å². The number of ether oxygens (including phenoxy) is 1. The van der Waals surface area contributed by atoms with E-state index in [9.17, 15) is 10.1 Å². The lowest BCUT2D eigenvalue weighted by atomic mass is 10.0. The summed E-state index contributed by atoms with van der Waals surface area (Å²) >= 11 is 0. The van der Waals surface area contributed by atoms with Crippen LogP contribution in [0.25, 0.3) is 27.6 Å². The number of nitrogens with one attached hydrogen (secondary N) is 1. The molecule has 140 valence electrons. The fourth-order valence-electron chi connectivity index (χ4n) is 3.37. The molecule has 4 rings (SSSR count). The van der Waals surface area contributed by atoms with Gasteiger partial charge in [0.2, 0.25) is 0 Å². The first-order valence-corrected chi connectivity index (χ1v) is 9.17. The Morgan fingerprint density at radius 1 is 0.931 bits per heavy atom. The second-order valence-corrected chi connectivity index (χ2v) is 6.59. The van der Waals surface area contributed by atoms with Crippen molar-refractivity contribution < 1.29 is 9.53 Å². The zero-order valence-electron chi connectivity index (χ0n) is 15.8. The van der Waals surface area contributed by atoms with Crippen molar-refractivity contribution in [2.45, 2.75) is 0 Å². The standard InChI is InChI=1S/C25H18N2O2/c1-29-24-13-11-19(22-8-4-5-9-23(22)24)14-20(16-26)25(28)27-21-12-10-17-6-2-3-7-18(17)15-21/h2-15H,1H3,(H,27,28)/b20-14-. The zero-order valence-corrected chi connectivity index (χ0v) is 15.8. The molecule has 0 bridgehead atoms. The van der Waals surface area contributed by atoms with Gasteiger partial charge in [0.15, 0.2) is 0 Å². The van der Waals surface area contributed by atoms with Gasteiger partial charge >= 0.3 is 0 Å². The average Bonchev–Trinajstić information content (AvgIpc) is 2.77. The molecule has 0 fully saturated rings. The highest BCUT2D eigenvalue weighted by atomic mass is 16.5. The first-order chi connectivity index (χ1) is 14.2. The molecular weight excluding hydrogens is 360 g/mol. The van der Waals surface area contributed by atoms with Gasteiger partial charge < -0.3 is 10.1 Å². The maximum atomic E-state index is 12.7. The Kier molecular flexibility index (Phi) is 4.96. The number of nitriles is 1. The molecule has 0 heterocycles. The average molecular weight is 378 g/mol. The van der Waals surface area contributed by atoms with Crippen molar-refractivity contribution in [3.63, 3.8) is 0 Å². The predicted octanol–water partition coefficient (Wildman–Crippen LogP) is 5.55. The van der Waals surface area contributed by atoms with Crippen LogP contribution in [0.4, 0.5) is 5.69 Å². The molecule has 0 saturated carbocycles. The normalized spacial score (nSPS) is 11.2. The fraction of sp³-hybridized carbons (Fsp3) is 0.0400. The lowest BCUT2D eigenvalue weighted by Crippen LogP contribution is -2.13. The van der Waals surface area contributed by atoms with E-state index in [1.54, 1.807) is 13.2 Å². The van der Waals surface area contributed by atoms with Crippen LogP contribution < -0.4 is 10.1 Å². The van der Waals surface area contributed by atoms with Gasteiger partial charge in [-0.3, -0.25) is 4.79 Å². The zero-order chi connectivity index (χ0) is 20.2. The molecule has 0 aliphatic heterocycles. The summed E-state index contributed by atoms with van der Waals surface area (Å²) in [7, 11) is 1.62. The Hall–Kier alpha value is -4.10. The van der Waals surface area contributed by atoms with E-state index in [1.165, 1.54) is 0 Å². The number of carbonyl (C=O) groups is 1. The third-order valence-electron chi connectivity index (χ3n) is 4.81. The van der Waals surface area contributed by atoms with E-state index in [0.29, 0.717) is 5.69 Å². The van der Waals surface area contributed by atoms with Gasteiger partial charge in [-0.2, -0.15) is 5.26 Å². The van der Waals surface area contributed by atoms with E-state index in [2.05, 4.69) is 5.32 Å². The molecule has 4 nitrogen and oxygen atoms in total. The van der Waals surface area contributed by atoms with Crippen LogP contribution in [0.5, 0.6) is 5.75 Å². The van der Waals surface area contributed by atoms with E-state index in [4.69, 9.17) is 4.74 Å². The van der Waals surface area contributed by atoms with Crippen molar-refractivity contribution >= 4 is 39.2 Å². The minimum Gasteiger partial charge on any atom is -0.496 e. The van der Waals surface area contributed by atoms with Gasteiger partial charge in [-0.1, -0.05) is 60.7 Å². The molecule has 0 atom stereocenters. The van der Waals surface area contributed by atoms with Crippen LogP contribution in [0.1, 0.15) is 5.56 Å². The molecule has 1 N–H and O–H groups in total. The molecule has 0 aliphatic rings. The minimum absolute atomic E-state index is 0.0356. The quantitative estimate of drug-likeness (QED) is 0.374. The van der Waals surface area contributed by atoms with Gasteiger partial charge in [0, 0.05) is 11.1 Å². The molecule has 0 radical (unpaired) electrons. The Labute approximate surface area is 168 Å². The van der Waals surface area contributed by atoms with Crippen molar-refractivity contribution in [3.8, 4) is 11.8 Å². The molecule has 0 aromatic heterocycles. The van der Waals surface area contributed by atoms with Gasteiger partial charge in [0.1, 0.15) is 17.4 Å². The Bertz CT molecular complexity index is 1300. The summed E-state index contributed by atoms with van der Waals surface area (Å²) in [5.41, 5.74) is 1.47. The molecule has 4 aromatic carbocycles. The topological polar surface area (TPSA) is 62.1 Å². The molecule has 0 unspecified atom stereocenters. The van der Waals surface area contributed by atoms with Crippen LogP contribution >= 0.6 is 0 Å². The van der Waals surface area contributed by atoms with Crippen LogP contribution in [0, 0.1) is 11.3 Å². The summed E-state index contributed by atoms with van der Waals surface area (Å²) in [6.07, 6.45) is 1.61. The van der Waals surface area contributed by atoms with Gasteiger partial charge in [-0.15, -0.1) is 0 Å². The molecule has 0 saturated heterocycles. The van der Waals surface area contributed by atoms with Gasteiger partial charge in [0.25, 0.3) is 5.91 Å². The number of anilines is 1. The van der Waals surface area contributed by atoms with E-state index in [0.717, 1.165) is 32.9 Å². The van der Waals surface area contributed by atoms with E-state index in [-0.39, 0.29) is 5.57 Å². The molecular formula is C25H18N2O2. The van der Waals surface area contributed by atoms with Crippen molar-refractivity contribution in [3.05, 3.63) is 90.0 Å².